The maximum Gasteiger partial charge on any atom is 0.273 e. The predicted molar refractivity (Wildman–Crippen MR) is 111 cm³/mol. The summed E-state index contributed by atoms with van der Waals surface area (Å²) in [5.41, 5.74) is 1.33. The smallest absolute Gasteiger partial charge is 0.273 e. The van der Waals surface area contributed by atoms with E-state index in [9.17, 15) is 8.42 Å². The fourth-order valence-corrected chi connectivity index (χ4v) is 5.15. The first-order valence-corrected chi connectivity index (χ1v) is 10.9. The molecule has 1 N–H and O–H groups in total. The Bertz CT molecular complexity index is 858. The van der Waals surface area contributed by atoms with E-state index >= 15 is 0 Å². The Kier molecular flexibility index (Phi) is 6.12. The summed E-state index contributed by atoms with van der Waals surface area (Å²) in [6, 6.07) is 13.9. The summed E-state index contributed by atoms with van der Waals surface area (Å²) >= 11 is 9.63. The van der Waals surface area contributed by atoms with Crippen molar-refractivity contribution in [2.24, 2.45) is 0 Å². The summed E-state index contributed by atoms with van der Waals surface area (Å²) in [7, 11) is -1.69. The van der Waals surface area contributed by atoms with Crippen molar-refractivity contribution in [2.75, 3.05) is 28.4 Å². The van der Waals surface area contributed by atoms with Crippen molar-refractivity contribution in [3.8, 4) is 0 Å². The molecule has 0 atom stereocenters. The first-order chi connectivity index (χ1) is 12.4. The number of piperidine rings is 1. The van der Waals surface area contributed by atoms with Gasteiger partial charge in [0.1, 0.15) is 0 Å². The molecule has 0 bridgehead atoms. The Balaban J connectivity index is 1.91. The Morgan fingerprint density at radius 2 is 1.77 bits per heavy atom. The number of benzene rings is 2. The Hall–Kier alpha value is -1.28. The molecule has 0 amide bonds. The minimum Gasteiger partial charge on any atom is -0.370 e. The first-order valence-electron chi connectivity index (χ1n) is 8.40. The zero-order chi connectivity index (χ0) is 18.7. The lowest BCUT2D eigenvalue weighted by Crippen LogP contribution is -2.41. The normalized spacial score (nSPS) is 15.7. The summed E-state index contributed by atoms with van der Waals surface area (Å²) in [5.74, 6) is 0. The summed E-state index contributed by atoms with van der Waals surface area (Å²) in [4.78, 5) is 2.36. The van der Waals surface area contributed by atoms with Crippen molar-refractivity contribution in [1.82, 2.24) is 5.32 Å². The molecule has 0 aliphatic carbocycles. The van der Waals surface area contributed by atoms with Gasteiger partial charge in [-0.15, -0.1) is 0 Å². The molecule has 26 heavy (non-hydrogen) atoms. The van der Waals surface area contributed by atoms with Gasteiger partial charge < -0.3 is 10.2 Å². The van der Waals surface area contributed by atoms with Crippen molar-refractivity contribution in [3.05, 3.63) is 53.6 Å². The van der Waals surface area contributed by atoms with Gasteiger partial charge in [-0.3, -0.25) is 0 Å². The monoisotopic (exact) mass is 457 g/mol. The maximum absolute atomic E-state index is 12.8. The molecule has 1 aliphatic rings. The number of nitrogens with zero attached hydrogens (tertiary/aromatic N) is 2. The molecule has 0 spiro atoms. The molecule has 1 heterocycles. The van der Waals surface area contributed by atoms with Gasteiger partial charge in [-0.1, -0.05) is 29.8 Å². The number of anilines is 2. The van der Waals surface area contributed by atoms with Crippen LogP contribution in [0.5, 0.6) is 0 Å². The van der Waals surface area contributed by atoms with Gasteiger partial charge in [0.15, 0.2) is 0 Å². The molecule has 1 aliphatic heterocycles. The molecule has 0 unspecified atom stereocenters. The van der Waals surface area contributed by atoms with Crippen LogP contribution in [0.1, 0.15) is 12.8 Å². The molecule has 2 aromatic carbocycles. The lowest BCUT2D eigenvalue weighted by atomic mass is 10.0. The van der Waals surface area contributed by atoms with E-state index in [1.54, 1.807) is 48.5 Å². The van der Waals surface area contributed by atoms with Gasteiger partial charge in [0.2, 0.25) is 0 Å². The van der Waals surface area contributed by atoms with Gasteiger partial charge in [-0.2, -0.15) is 3.33 Å². The molecular weight excluding hydrogens is 438 g/mol. The van der Waals surface area contributed by atoms with E-state index in [2.05, 4.69) is 26.4 Å². The number of rotatable bonds is 5. The fourth-order valence-electron chi connectivity index (χ4n) is 3.10. The third-order valence-electron chi connectivity index (χ3n) is 4.62. The molecule has 0 saturated carbocycles. The van der Waals surface area contributed by atoms with E-state index < -0.39 is 10.0 Å². The first kappa shape index (κ1) is 19.5. The highest BCUT2D eigenvalue weighted by molar-refractivity contribution is 9.11. The van der Waals surface area contributed by atoms with E-state index in [0.717, 1.165) is 34.9 Å². The van der Waals surface area contributed by atoms with Crippen molar-refractivity contribution in [3.63, 3.8) is 0 Å². The lowest BCUT2D eigenvalue weighted by molar-refractivity contribution is 0.443. The van der Waals surface area contributed by atoms with E-state index in [-0.39, 0.29) is 4.90 Å². The van der Waals surface area contributed by atoms with Gasteiger partial charge in [0.25, 0.3) is 10.0 Å². The van der Waals surface area contributed by atoms with Crippen molar-refractivity contribution >= 4 is 49.1 Å². The van der Waals surface area contributed by atoms with Crippen LogP contribution in [0.15, 0.2) is 53.4 Å². The highest BCUT2D eigenvalue weighted by Crippen LogP contribution is 2.35. The number of sulfonamides is 1. The van der Waals surface area contributed by atoms with Crippen LogP contribution in [0.4, 0.5) is 11.4 Å². The van der Waals surface area contributed by atoms with Crippen LogP contribution in [0.3, 0.4) is 0 Å². The fraction of sp³-hybridized carbons (Fsp3) is 0.333. The Labute approximate surface area is 168 Å². The number of hydrogen-bond acceptors (Lipinski definition) is 4. The van der Waals surface area contributed by atoms with Crippen molar-refractivity contribution < 1.29 is 8.42 Å². The minimum absolute atomic E-state index is 0.222. The number of nitrogens with one attached hydrogen (secondary N) is 1. The van der Waals surface area contributed by atoms with Crippen LogP contribution < -0.4 is 13.5 Å². The van der Waals surface area contributed by atoms with Crippen LogP contribution in [0.2, 0.25) is 5.02 Å². The average molecular weight is 459 g/mol. The van der Waals surface area contributed by atoms with E-state index in [1.807, 2.05) is 7.05 Å². The Morgan fingerprint density at radius 3 is 2.42 bits per heavy atom. The zero-order valence-electron chi connectivity index (χ0n) is 14.4. The molecular formula is C18H21BrClN3O2S. The third-order valence-corrected chi connectivity index (χ3v) is 7.99. The second kappa shape index (κ2) is 8.17. The van der Waals surface area contributed by atoms with Gasteiger partial charge in [-0.05, 0) is 56.3 Å². The van der Waals surface area contributed by atoms with Gasteiger partial charge in [-0.25, -0.2) is 8.42 Å². The standard InChI is InChI=1S/C18H21BrClN3O2S/c1-22(14-9-11-21-12-10-14)18-13-15(7-8-17(18)20)23(19)26(24,25)16-5-3-2-4-6-16/h2-8,13-14,21H,9-12H2,1H3. The highest BCUT2D eigenvalue weighted by Gasteiger charge is 2.25. The molecule has 3 rings (SSSR count). The summed E-state index contributed by atoms with van der Waals surface area (Å²) in [6.45, 7) is 1.94. The zero-order valence-corrected chi connectivity index (χ0v) is 17.6. The molecule has 2 aromatic rings. The largest absolute Gasteiger partial charge is 0.370 e. The van der Waals surface area contributed by atoms with E-state index in [4.69, 9.17) is 11.6 Å². The topological polar surface area (TPSA) is 52.7 Å². The molecule has 1 saturated heterocycles. The maximum atomic E-state index is 12.8. The van der Waals surface area contributed by atoms with Gasteiger partial charge >= 0.3 is 0 Å². The quantitative estimate of drug-likeness (QED) is 0.687. The average Bonchev–Trinajstić information content (AvgIpc) is 2.68. The van der Waals surface area contributed by atoms with Crippen LogP contribution in [-0.2, 0) is 10.0 Å². The summed E-state index contributed by atoms with van der Waals surface area (Å²) in [5, 5.41) is 3.95. The molecule has 5 nitrogen and oxygen atoms in total. The Morgan fingerprint density at radius 1 is 1.12 bits per heavy atom. The predicted octanol–water partition coefficient (Wildman–Crippen LogP) is 4.03. The molecule has 0 radical (unpaired) electrons. The van der Waals surface area contributed by atoms with Crippen LogP contribution >= 0.6 is 27.7 Å². The minimum atomic E-state index is -3.69. The van der Waals surface area contributed by atoms with Gasteiger partial charge in [0, 0.05) is 13.1 Å². The number of hydrogen-bond donors (Lipinski definition) is 1. The van der Waals surface area contributed by atoms with Crippen molar-refractivity contribution in [2.45, 2.75) is 23.8 Å². The molecule has 0 aromatic heterocycles. The van der Waals surface area contributed by atoms with Gasteiger partial charge in [0.05, 0.1) is 37.4 Å². The molecule has 8 heteroatoms. The summed E-state index contributed by atoms with van der Waals surface area (Å²) in [6.07, 6.45) is 2.05. The number of halogens is 2. The molecule has 1 fully saturated rings. The van der Waals surface area contributed by atoms with Crippen molar-refractivity contribution in [1.29, 1.82) is 0 Å². The SMILES string of the molecule is CN(c1cc(N(Br)S(=O)(=O)c2ccccc2)ccc1Cl)C1CCNCC1. The second-order valence-corrected chi connectivity index (χ2v) is 9.63. The van der Waals surface area contributed by atoms with Crippen LogP contribution in [-0.4, -0.2) is 34.6 Å². The van der Waals surface area contributed by atoms with Crippen LogP contribution in [0.25, 0.3) is 0 Å². The summed E-state index contributed by atoms with van der Waals surface area (Å²) < 4.78 is 26.8. The third kappa shape index (κ3) is 4.01. The van der Waals surface area contributed by atoms with E-state index in [1.165, 1.54) is 0 Å². The van der Waals surface area contributed by atoms with Crippen LogP contribution in [0, 0.1) is 0 Å². The second-order valence-electron chi connectivity index (χ2n) is 6.26. The lowest BCUT2D eigenvalue weighted by Gasteiger charge is -2.34. The van der Waals surface area contributed by atoms with E-state index in [0.29, 0.717) is 16.8 Å². The highest BCUT2D eigenvalue weighted by atomic mass is 79.9. The molecule has 140 valence electrons.